The van der Waals surface area contributed by atoms with Crippen LogP contribution in [-0.2, 0) is 11.2 Å². The largest absolute Gasteiger partial charge is 0.368 e. The molecule has 1 N–H and O–H groups in total. The number of carbonyl (C=O) groups is 1. The molecule has 1 aromatic heterocycles. The van der Waals surface area contributed by atoms with Gasteiger partial charge < -0.3 is 15.1 Å². The van der Waals surface area contributed by atoms with Crippen LogP contribution in [0.15, 0.2) is 71.5 Å². The average Bonchev–Trinajstić information content (AvgIpc) is 2.76. The van der Waals surface area contributed by atoms with Crippen molar-refractivity contribution in [2.75, 3.05) is 41.3 Å². The van der Waals surface area contributed by atoms with Crippen molar-refractivity contribution in [2.24, 2.45) is 0 Å². The molecule has 3 aromatic rings. The number of piperazine rings is 1. The Morgan fingerprint density at radius 3 is 2.34 bits per heavy atom. The summed E-state index contributed by atoms with van der Waals surface area (Å²) in [5.41, 5.74) is 2.20. The number of aromatic nitrogens is 2. The highest BCUT2D eigenvalue weighted by atomic mass is 79.9. The first-order valence-corrected chi connectivity index (χ1v) is 10.4. The maximum absolute atomic E-state index is 12.4. The summed E-state index contributed by atoms with van der Waals surface area (Å²) < 4.78 is 0.995. The molecule has 29 heavy (non-hydrogen) atoms. The maximum Gasteiger partial charge on any atom is 0.229 e. The molecule has 6 nitrogen and oxygen atoms in total. The Labute approximate surface area is 178 Å². The molecule has 2 aromatic carbocycles. The highest BCUT2D eigenvalue weighted by molar-refractivity contribution is 9.10. The zero-order valence-electron chi connectivity index (χ0n) is 16.0. The first kappa shape index (κ1) is 19.4. The quantitative estimate of drug-likeness (QED) is 0.639. The third-order valence-corrected chi connectivity index (χ3v) is 5.45. The van der Waals surface area contributed by atoms with E-state index >= 15 is 0 Å². The molecule has 0 radical (unpaired) electrons. The fraction of sp³-hybridized carbons (Fsp3) is 0.227. The third kappa shape index (κ3) is 5.12. The van der Waals surface area contributed by atoms with Crippen molar-refractivity contribution in [2.45, 2.75) is 6.42 Å². The molecule has 1 amide bonds. The van der Waals surface area contributed by atoms with E-state index in [2.05, 4.69) is 65.3 Å². The van der Waals surface area contributed by atoms with Gasteiger partial charge in [-0.15, -0.1) is 0 Å². The third-order valence-electron chi connectivity index (χ3n) is 4.92. The molecule has 0 atom stereocenters. The highest BCUT2D eigenvalue weighted by Crippen LogP contribution is 2.20. The van der Waals surface area contributed by atoms with Crippen molar-refractivity contribution >= 4 is 39.2 Å². The molecular weight excluding hydrogens is 430 g/mol. The molecular formula is C22H22BrN5O. The van der Waals surface area contributed by atoms with Gasteiger partial charge in [0.15, 0.2) is 0 Å². The Kier molecular flexibility index (Phi) is 6.05. The van der Waals surface area contributed by atoms with E-state index in [1.807, 2.05) is 36.4 Å². The van der Waals surface area contributed by atoms with E-state index in [4.69, 9.17) is 0 Å². The van der Waals surface area contributed by atoms with Crippen LogP contribution in [0.4, 0.5) is 17.3 Å². The molecule has 0 spiro atoms. The fourth-order valence-electron chi connectivity index (χ4n) is 3.40. The molecule has 1 fully saturated rings. The van der Waals surface area contributed by atoms with E-state index in [1.165, 1.54) is 12.0 Å². The average molecular weight is 452 g/mol. The van der Waals surface area contributed by atoms with Crippen LogP contribution in [0.3, 0.4) is 0 Å². The molecule has 1 aliphatic rings. The predicted octanol–water partition coefficient (Wildman–Crippen LogP) is 3.75. The van der Waals surface area contributed by atoms with E-state index in [-0.39, 0.29) is 5.91 Å². The summed E-state index contributed by atoms with van der Waals surface area (Å²) in [5.74, 6) is 1.28. The van der Waals surface area contributed by atoms with E-state index in [9.17, 15) is 4.79 Å². The van der Waals surface area contributed by atoms with Gasteiger partial charge in [0.2, 0.25) is 5.91 Å². The second kappa shape index (κ2) is 9.05. The Morgan fingerprint density at radius 2 is 1.62 bits per heavy atom. The Hall–Kier alpha value is -2.93. The van der Waals surface area contributed by atoms with E-state index in [0.29, 0.717) is 12.2 Å². The summed E-state index contributed by atoms with van der Waals surface area (Å²) in [6, 6.07) is 20.0. The molecule has 2 heterocycles. The fourth-order valence-corrected chi connectivity index (χ4v) is 3.66. The van der Waals surface area contributed by atoms with Crippen molar-refractivity contribution in [3.05, 3.63) is 77.0 Å². The van der Waals surface area contributed by atoms with Gasteiger partial charge in [0.25, 0.3) is 0 Å². The molecule has 0 aliphatic carbocycles. The predicted molar refractivity (Wildman–Crippen MR) is 119 cm³/mol. The van der Waals surface area contributed by atoms with Gasteiger partial charge in [-0.25, -0.2) is 9.97 Å². The minimum atomic E-state index is -0.0918. The molecule has 0 saturated carbocycles. The molecule has 1 aliphatic heterocycles. The van der Waals surface area contributed by atoms with Gasteiger partial charge in [-0.2, -0.15) is 0 Å². The van der Waals surface area contributed by atoms with Crippen molar-refractivity contribution in [1.82, 2.24) is 9.97 Å². The number of anilines is 3. The van der Waals surface area contributed by atoms with Crippen molar-refractivity contribution < 1.29 is 4.79 Å². The van der Waals surface area contributed by atoms with Crippen LogP contribution in [0.25, 0.3) is 0 Å². The van der Waals surface area contributed by atoms with Crippen molar-refractivity contribution in [3.8, 4) is 0 Å². The standard InChI is InChI=1S/C22H22BrN5O/c23-18-8-6-17(7-9-18)14-22(29)26-20-15-21(25-16-24-20)28-12-10-27(11-13-28)19-4-2-1-3-5-19/h1-9,15-16H,10-14H2,(H,24,25,26,29). The van der Waals surface area contributed by atoms with Crippen LogP contribution in [0.5, 0.6) is 0 Å². The Bertz CT molecular complexity index is 956. The summed E-state index contributed by atoms with van der Waals surface area (Å²) in [6.45, 7) is 3.61. The highest BCUT2D eigenvalue weighted by Gasteiger charge is 2.19. The lowest BCUT2D eigenvalue weighted by Crippen LogP contribution is -2.46. The minimum Gasteiger partial charge on any atom is -0.368 e. The number of nitrogens with one attached hydrogen (secondary N) is 1. The lowest BCUT2D eigenvalue weighted by molar-refractivity contribution is -0.115. The van der Waals surface area contributed by atoms with Gasteiger partial charge in [0, 0.05) is 42.4 Å². The van der Waals surface area contributed by atoms with E-state index < -0.39 is 0 Å². The number of benzene rings is 2. The molecule has 148 valence electrons. The number of para-hydroxylation sites is 1. The van der Waals surface area contributed by atoms with Gasteiger partial charge in [-0.05, 0) is 29.8 Å². The molecule has 0 bridgehead atoms. The van der Waals surface area contributed by atoms with E-state index in [0.717, 1.165) is 42.0 Å². The van der Waals surface area contributed by atoms with Crippen LogP contribution in [0.2, 0.25) is 0 Å². The minimum absolute atomic E-state index is 0.0918. The molecule has 4 rings (SSSR count). The number of nitrogens with zero attached hydrogens (tertiary/aromatic N) is 4. The zero-order valence-corrected chi connectivity index (χ0v) is 17.5. The number of carbonyl (C=O) groups excluding carboxylic acids is 1. The second-order valence-corrected chi connectivity index (χ2v) is 7.84. The monoisotopic (exact) mass is 451 g/mol. The van der Waals surface area contributed by atoms with Gasteiger partial charge in [0.1, 0.15) is 18.0 Å². The SMILES string of the molecule is O=C(Cc1ccc(Br)cc1)Nc1cc(N2CCN(c3ccccc3)CC2)ncn1. The number of rotatable bonds is 5. The summed E-state index contributed by atoms with van der Waals surface area (Å²) in [5, 5.41) is 2.88. The molecule has 0 unspecified atom stereocenters. The van der Waals surface area contributed by atoms with Gasteiger partial charge in [0.05, 0.1) is 6.42 Å². The zero-order chi connectivity index (χ0) is 20.1. The topological polar surface area (TPSA) is 61.4 Å². The Balaban J connectivity index is 1.35. The van der Waals surface area contributed by atoms with Crippen LogP contribution < -0.4 is 15.1 Å². The van der Waals surface area contributed by atoms with Crippen LogP contribution in [-0.4, -0.2) is 42.1 Å². The number of halogens is 1. The first-order valence-electron chi connectivity index (χ1n) is 9.59. The summed E-state index contributed by atoms with van der Waals surface area (Å²) in [6.07, 6.45) is 1.82. The Morgan fingerprint density at radius 1 is 0.931 bits per heavy atom. The van der Waals surface area contributed by atoms with Gasteiger partial charge in [-0.3, -0.25) is 4.79 Å². The maximum atomic E-state index is 12.4. The van der Waals surface area contributed by atoms with Gasteiger partial charge in [-0.1, -0.05) is 46.3 Å². The van der Waals surface area contributed by atoms with Crippen LogP contribution >= 0.6 is 15.9 Å². The van der Waals surface area contributed by atoms with E-state index in [1.54, 1.807) is 0 Å². The second-order valence-electron chi connectivity index (χ2n) is 6.92. The van der Waals surface area contributed by atoms with Gasteiger partial charge >= 0.3 is 0 Å². The lowest BCUT2D eigenvalue weighted by Gasteiger charge is -2.36. The summed E-state index contributed by atoms with van der Waals surface area (Å²) in [7, 11) is 0. The summed E-state index contributed by atoms with van der Waals surface area (Å²) >= 11 is 3.40. The molecule has 1 saturated heterocycles. The smallest absolute Gasteiger partial charge is 0.229 e. The van der Waals surface area contributed by atoms with Crippen molar-refractivity contribution in [3.63, 3.8) is 0 Å². The molecule has 7 heteroatoms. The number of hydrogen-bond acceptors (Lipinski definition) is 5. The first-order chi connectivity index (χ1) is 14.2. The summed E-state index contributed by atoms with van der Waals surface area (Å²) in [4.78, 5) is 25.6. The van der Waals surface area contributed by atoms with Crippen LogP contribution in [0.1, 0.15) is 5.56 Å². The van der Waals surface area contributed by atoms with Crippen LogP contribution in [0, 0.1) is 0 Å². The van der Waals surface area contributed by atoms with Crippen molar-refractivity contribution in [1.29, 1.82) is 0 Å². The lowest BCUT2D eigenvalue weighted by atomic mass is 10.1. The number of amides is 1. The normalized spacial score (nSPS) is 14.0. The number of hydrogen-bond donors (Lipinski definition) is 1.